The third-order valence-corrected chi connectivity index (χ3v) is 2.82. The van der Waals surface area contributed by atoms with Gasteiger partial charge in [0.2, 0.25) is 0 Å². The van der Waals surface area contributed by atoms with Crippen molar-refractivity contribution in [2.45, 2.75) is 31.9 Å². The number of hydrogen-bond donors (Lipinski definition) is 1. The molecule has 2 atom stereocenters. The van der Waals surface area contributed by atoms with E-state index in [4.69, 9.17) is 10.5 Å². The molecule has 3 heteroatoms. The molecule has 0 aromatic heterocycles. The van der Waals surface area contributed by atoms with Gasteiger partial charge in [0.15, 0.2) is 0 Å². The van der Waals surface area contributed by atoms with E-state index in [-0.39, 0.29) is 18.0 Å². The van der Waals surface area contributed by atoms with E-state index in [0.717, 1.165) is 12.0 Å². The molecular formula is C12H16FNO. The Hall–Kier alpha value is -0.930. The standard InChI is InChI=1S/C12H16FNO/c1-8-2-3-11(13)10(6-8)12-7-9(14)4-5-15-12/h2-3,6,9,12H,4-5,7,14H2,1H3. The zero-order valence-electron chi connectivity index (χ0n) is 8.87. The largest absolute Gasteiger partial charge is 0.373 e. The second-order valence-electron chi connectivity index (χ2n) is 4.17. The van der Waals surface area contributed by atoms with Crippen LogP contribution in [0.2, 0.25) is 0 Å². The van der Waals surface area contributed by atoms with Crippen molar-refractivity contribution >= 4 is 0 Å². The maximum Gasteiger partial charge on any atom is 0.129 e. The Balaban J connectivity index is 2.24. The molecule has 1 aromatic rings. The highest BCUT2D eigenvalue weighted by Gasteiger charge is 2.23. The van der Waals surface area contributed by atoms with Crippen LogP contribution in [0.1, 0.15) is 30.1 Å². The smallest absolute Gasteiger partial charge is 0.129 e. The Labute approximate surface area is 89.2 Å². The molecule has 82 valence electrons. The maximum absolute atomic E-state index is 13.6. The lowest BCUT2D eigenvalue weighted by Crippen LogP contribution is -2.31. The average Bonchev–Trinajstić information content (AvgIpc) is 2.22. The van der Waals surface area contributed by atoms with Crippen LogP contribution in [0.4, 0.5) is 4.39 Å². The first-order valence-electron chi connectivity index (χ1n) is 5.30. The van der Waals surface area contributed by atoms with E-state index in [1.54, 1.807) is 6.07 Å². The van der Waals surface area contributed by atoms with E-state index in [1.165, 1.54) is 6.07 Å². The molecule has 2 nitrogen and oxygen atoms in total. The molecule has 1 heterocycles. The van der Waals surface area contributed by atoms with Crippen molar-refractivity contribution in [3.05, 3.63) is 35.1 Å². The van der Waals surface area contributed by atoms with Gasteiger partial charge in [-0.15, -0.1) is 0 Å². The fraction of sp³-hybridized carbons (Fsp3) is 0.500. The number of nitrogens with two attached hydrogens (primary N) is 1. The normalized spacial score (nSPS) is 26.6. The molecule has 1 aromatic carbocycles. The molecular weight excluding hydrogens is 193 g/mol. The fourth-order valence-corrected chi connectivity index (χ4v) is 1.95. The second kappa shape index (κ2) is 4.29. The second-order valence-corrected chi connectivity index (χ2v) is 4.17. The lowest BCUT2D eigenvalue weighted by atomic mass is 9.96. The molecule has 1 saturated heterocycles. The lowest BCUT2D eigenvalue weighted by Gasteiger charge is -2.27. The molecule has 1 aliphatic rings. The van der Waals surface area contributed by atoms with E-state index in [1.807, 2.05) is 13.0 Å². The van der Waals surface area contributed by atoms with Crippen molar-refractivity contribution in [1.82, 2.24) is 0 Å². The Kier molecular flexibility index (Phi) is 3.03. The highest BCUT2D eigenvalue weighted by Crippen LogP contribution is 2.29. The van der Waals surface area contributed by atoms with Gasteiger partial charge in [-0.1, -0.05) is 17.7 Å². The van der Waals surface area contributed by atoms with E-state index in [2.05, 4.69) is 0 Å². The van der Waals surface area contributed by atoms with Crippen molar-refractivity contribution in [1.29, 1.82) is 0 Å². The lowest BCUT2D eigenvalue weighted by molar-refractivity contribution is 0.00464. The predicted molar refractivity (Wildman–Crippen MR) is 57.0 cm³/mol. The van der Waals surface area contributed by atoms with Crippen LogP contribution in [0.15, 0.2) is 18.2 Å². The van der Waals surface area contributed by atoms with Crippen molar-refractivity contribution in [2.75, 3.05) is 6.61 Å². The molecule has 0 aliphatic carbocycles. The minimum atomic E-state index is -0.195. The van der Waals surface area contributed by atoms with E-state index < -0.39 is 0 Å². The minimum absolute atomic E-state index is 0.128. The highest BCUT2D eigenvalue weighted by atomic mass is 19.1. The van der Waals surface area contributed by atoms with Crippen LogP contribution in [0.3, 0.4) is 0 Å². The molecule has 0 radical (unpaired) electrons. The summed E-state index contributed by atoms with van der Waals surface area (Å²) in [5.74, 6) is -0.195. The zero-order chi connectivity index (χ0) is 10.8. The predicted octanol–water partition coefficient (Wildman–Crippen LogP) is 2.31. The number of benzene rings is 1. The summed E-state index contributed by atoms with van der Waals surface area (Å²) in [4.78, 5) is 0. The van der Waals surface area contributed by atoms with Crippen molar-refractivity contribution in [3.63, 3.8) is 0 Å². The van der Waals surface area contributed by atoms with Gasteiger partial charge in [-0.25, -0.2) is 4.39 Å². The van der Waals surface area contributed by atoms with Crippen LogP contribution in [0, 0.1) is 12.7 Å². The summed E-state index contributed by atoms with van der Waals surface area (Å²) in [6.07, 6.45) is 1.40. The summed E-state index contributed by atoms with van der Waals surface area (Å²) in [5, 5.41) is 0. The van der Waals surface area contributed by atoms with Crippen LogP contribution < -0.4 is 5.73 Å². The minimum Gasteiger partial charge on any atom is -0.373 e. The topological polar surface area (TPSA) is 35.2 Å². The summed E-state index contributed by atoms with van der Waals surface area (Å²) in [6.45, 7) is 2.57. The van der Waals surface area contributed by atoms with Crippen molar-refractivity contribution in [3.8, 4) is 0 Å². The maximum atomic E-state index is 13.6. The SMILES string of the molecule is Cc1ccc(F)c(C2CC(N)CCO2)c1. The fourth-order valence-electron chi connectivity index (χ4n) is 1.95. The Morgan fingerprint density at radius 1 is 1.47 bits per heavy atom. The number of ether oxygens (including phenoxy) is 1. The third-order valence-electron chi connectivity index (χ3n) is 2.82. The molecule has 2 rings (SSSR count). The number of hydrogen-bond acceptors (Lipinski definition) is 2. The van der Waals surface area contributed by atoms with E-state index in [0.29, 0.717) is 18.6 Å². The summed E-state index contributed by atoms with van der Waals surface area (Å²) in [7, 11) is 0. The van der Waals surface area contributed by atoms with Crippen molar-refractivity contribution < 1.29 is 9.13 Å². The molecule has 0 amide bonds. The molecule has 2 N–H and O–H groups in total. The van der Waals surface area contributed by atoms with Crippen LogP contribution in [-0.2, 0) is 4.74 Å². The summed E-state index contributed by atoms with van der Waals surface area (Å²) >= 11 is 0. The van der Waals surface area contributed by atoms with Gasteiger partial charge in [0.05, 0.1) is 6.10 Å². The average molecular weight is 209 g/mol. The summed E-state index contributed by atoms with van der Waals surface area (Å²) in [5.41, 5.74) is 7.54. The van der Waals surface area contributed by atoms with Gasteiger partial charge in [0.1, 0.15) is 5.82 Å². The van der Waals surface area contributed by atoms with Gasteiger partial charge in [0.25, 0.3) is 0 Å². The molecule has 0 saturated carbocycles. The number of aryl methyl sites for hydroxylation is 1. The van der Waals surface area contributed by atoms with Gasteiger partial charge < -0.3 is 10.5 Å². The van der Waals surface area contributed by atoms with Crippen LogP contribution in [-0.4, -0.2) is 12.6 Å². The molecule has 2 unspecified atom stereocenters. The number of rotatable bonds is 1. The first kappa shape index (κ1) is 10.6. The van der Waals surface area contributed by atoms with Gasteiger partial charge in [-0.3, -0.25) is 0 Å². The molecule has 0 spiro atoms. The Morgan fingerprint density at radius 3 is 3.00 bits per heavy atom. The van der Waals surface area contributed by atoms with E-state index >= 15 is 0 Å². The number of halogens is 1. The molecule has 1 aliphatic heterocycles. The summed E-state index contributed by atoms with van der Waals surface area (Å²) in [6, 6.07) is 5.23. The first-order chi connectivity index (χ1) is 7.16. The van der Waals surface area contributed by atoms with Crippen LogP contribution in [0.25, 0.3) is 0 Å². The zero-order valence-corrected chi connectivity index (χ0v) is 8.87. The monoisotopic (exact) mass is 209 g/mol. The molecule has 15 heavy (non-hydrogen) atoms. The molecule has 1 fully saturated rings. The van der Waals surface area contributed by atoms with Gasteiger partial charge in [-0.2, -0.15) is 0 Å². The summed E-state index contributed by atoms with van der Waals surface area (Å²) < 4.78 is 19.1. The Bertz CT molecular complexity index is 353. The Morgan fingerprint density at radius 2 is 2.27 bits per heavy atom. The van der Waals surface area contributed by atoms with Crippen LogP contribution in [0.5, 0.6) is 0 Å². The van der Waals surface area contributed by atoms with E-state index in [9.17, 15) is 4.39 Å². The quantitative estimate of drug-likeness (QED) is 0.770. The van der Waals surface area contributed by atoms with Crippen LogP contribution >= 0.6 is 0 Å². The third kappa shape index (κ3) is 2.36. The highest BCUT2D eigenvalue weighted by molar-refractivity contribution is 5.26. The van der Waals surface area contributed by atoms with Crippen molar-refractivity contribution in [2.24, 2.45) is 5.73 Å². The van der Waals surface area contributed by atoms with Gasteiger partial charge >= 0.3 is 0 Å². The van der Waals surface area contributed by atoms with Gasteiger partial charge in [0, 0.05) is 18.2 Å². The molecule has 0 bridgehead atoms. The first-order valence-corrected chi connectivity index (χ1v) is 5.30. The van der Waals surface area contributed by atoms with Gasteiger partial charge in [-0.05, 0) is 25.8 Å².